The zero-order valence-corrected chi connectivity index (χ0v) is 14.9. The SMILES string of the molecule is COc1ccc(-c2nnc(S[C@H](C)C(=O)Nc3cccc(F)c3)o2)cc1. The molecule has 3 aromatic rings. The van der Waals surface area contributed by atoms with E-state index in [0.29, 0.717) is 11.6 Å². The molecule has 0 unspecified atom stereocenters. The van der Waals surface area contributed by atoms with Crippen molar-refractivity contribution >= 4 is 23.4 Å². The maximum Gasteiger partial charge on any atom is 0.277 e. The lowest BCUT2D eigenvalue weighted by molar-refractivity contribution is -0.115. The predicted molar refractivity (Wildman–Crippen MR) is 96.6 cm³/mol. The Hall–Kier alpha value is -2.87. The first kappa shape index (κ1) is 17.9. The van der Waals surface area contributed by atoms with Gasteiger partial charge in [0.15, 0.2) is 0 Å². The van der Waals surface area contributed by atoms with E-state index in [1.165, 1.54) is 18.2 Å². The highest BCUT2D eigenvalue weighted by atomic mass is 32.2. The molecule has 0 saturated carbocycles. The molecule has 3 rings (SSSR count). The number of aromatic nitrogens is 2. The van der Waals surface area contributed by atoms with Crippen molar-refractivity contribution in [3.05, 3.63) is 54.3 Å². The molecule has 1 N–H and O–H groups in total. The predicted octanol–water partition coefficient (Wildman–Crippen LogP) is 4.00. The molecule has 1 heterocycles. The van der Waals surface area contributed by atoms with Gasteiger partial charge in [0.2, 0.25) is 11.8 Å². The van der Waals surface area contributed by atoms with Gasteiger partial charge in [-0.3, -0.25) is 4.79 Å². The Morgan fingerprint density at radius 1 is 1.23 bits per heavy atom. The number of thioether (sulfide) groups is 1. The minimum absolute atomic E-state index is 0.276. The summed E-state index contributed by atoms with van der Waals surface area (Å²) in [7, 11) is 1.59. The summed E-state index contributed by atoms with van der Waals surface area (Å²) >= 11 is 1.13. The zero-order chi connectivity index (χ0) is 18.5. The Bertz CT molecular complexity index is 899. The van der Waals surface area contributed by atoms with Gasteiger partial charge in [-0.15, -0.1) is 10.2 Å². The number of anilines is 1. The molecule has 1 aromatic heterocycles. The number of carbonyl (C=O) groups is 1. The number of carbonyl (C=O) groups excluding carboxylic acids is 1. The first-order chi connectivity index (χ1) is 12.5. The Balaban J connectivity index is 1.63. The first-order valence-electron chi connectivity index (χ1n) is 7.76. The molecule has 0 bridgehead atoms. The van der Waals surface area contributed by atoms with Crippen molar-refractivity contribution in [2.75, 3.05) is 12.4 Å². The average molecular weight is 373 g/mol. The minimum Gasteiger partial charge on any atom is -0.497 e. The molecule has 134 valence electrons. The van der Waals surface area contributed by atoms with Crippen LogP contribution in [-0.4, -0.2) is 28.5 Å². The molecule has 2 aromatic carbocycles. The molecule has 1 amide bonds. The molecule has 0 spiro atoms. The highest BCUT2D eigenvalue weighted by Crippen LogP contribution is 2.27. The zero-order valence-electron chi connectivity index (χ0n) is 14.1. The van der Waals surface area contributed by atoms with E-state index in [2.05, 4.69) is 15.5 Å². The van der Waals surface area contributed by atoms with Crippen LogP contribution in [0.25, 0.3) is 11.5 Å². The summed E-state index contributed by atoms with van der Waals surface area (Å²) in [6, 6.07) is 12.9. The fourth-order valence-corrected chi connectivity index (χ4v) is 2.81. The van der Waals surface area contributed by atoms with E-state index in [-0.39, 0.29) is 11.1 Å². The Kier molecular flexibility index (Phi) is 5.52. The lowest BCUT2D eigenvalue weighted by Crippen LogP contribution is -2.22. The van der Waals surface area contributed by atoms with Gasteiger partial charge in [-0.25, -0.2) is 4.39 Å². The maximum absolute atomic E-state index is 13.2. The van der Waals surface area contributed by atoms with Gasteiger partial charge >= 0.3 is 0 Å². The van der Waals surface area contributed by atoms with Crippen LogP contribution in [0, 0.1) is 5.82 Å². The van der Waals surface area contributed by atoms with E-state index in [1.807, 2.05) is 0 Å². The van der Waals surface area contributed by atoms with Crippen molar-refractivity contribution in [3.63, 3.8) is 0 Å². The van der Waals surface area contributed by atoms with Gasteiger partial charge in [0.1, 0.15) is 11.6 Å². The molecule has 0 radical (unpaired) electrons. The number of amides is 1. The summed E-state index contributed by atoms with van der Waals surface area (Å²) in [4.78, 5) is 12.2. The molecular weight excluding hydrogens is 357 g/mol. The van der Waals surface area contributed by atoms with E-state index in [4.69, 9.17) is 9.15 Å². The van der Waals surface area contributed by atoms with Gasteiger partial charge in [0, 0.05) is 11.3 Å². The number of rotatable bonds is 6. The molecule has 8 heteroatoms. The van der Waals surface area contributed by atoms with Crippen LogP contribution in [0.5, 0.6) is 5.75 Å². The molecule has 1 atom stereocenters. The Morgan fingerprint density at radius 2 is 2.00 bits per heavy atom. The van der Waals surface area contributed by atoms with E-state index in [9.17, 15) is 9.18 Å². The minimum atomic E-state index is -0.498. The third kappa shape index (κ3) is 4.40. The lowest BCUT2D eigenvalue weighted by atomic mass is 10.2. The third-order valence-electron chi connectivity index (χ3n) is 3.48. The van der Waals surface area contributed by atoms with E-state index in [1.54, 1.807) is 44.4 Å². The van der Waals surface area contributed by atoms with Crippen LogP contribution in [-0.2, 0) is 4.79 Å². The molecule has 0 aliphatic carbocycles. The standard InChI is InChI=1S/C18H16FN3O3S/c1-11(16(23)20-14-5-3-4-13(19)10-14)26-18-22-21-17(25-18)12-6-8-15(24-2)9-7-12/h3-11H,1-2H3,(H,20,23)/t11-/m1/s1. The van der Waals surface area contributed by atoms with Crippen LogP contribution in [0.2, 0.25) is 0 Å². The quantitative estimate of drug-likeness (QED) is 0.658. The van der Waals surface area contributed by atoms with Crippen molar-refractivity contribution < 1.29 is 18.3 Å². The fraction of sp³-hybridized carbons (Fsp3) is 0.167. The summed E-state index contributed by atoms with van der Waals surface area (Å²) in [6.45, 7) is 1.70. The summed E-state index contributed by atoms with van der Waals surface area (Å²) in [5.74, 6) is 0.382. The van der Waals surface area contributed by atoms with Gasteiger partial charge in [-0.05, 0) is 49.4 Å². The van der Waals surface area contributed by atoms with Gasteiger partial charge in [-0.2, -0.15) is 0 Å². The summed E-state index contributed by atoms with van der Waals surface area (Å²) in [5, 5.41) is 10.4. The average Bonchev–Trinajstić information content (AvgIpc) is 3.10. The number of hydrogen-bond donors (Lipinski definition) is 1. The monoisotopic (exact) mass is 373 g/mol. The van der Waals surface area contributed by atoms with Crippen LogP contribution in [0.1, 0.15) is 6.92 Å². The number of halogens is 1. The van der Waals surface area contributed by atoms with Gasteiger partial charge in [0.05, 0.1) is 12.4 Å². The fourth-order valence-electron chi connectivity index (χ4n) is 2.12. The number of ether oxygens (including phenoxy) is 1. The largest absolute Gasteiger partial charge is 0.497 e. The van der Waals surface area contributed by atoms with Crippen molar-refractivity contribution in [3.8, 4) is 17.2 Å². The van der Waals surface area contributed by atoms with Crippen LogP contribution in [0.3, 0.4) is 0 Å². The maximum atomic E-state index is 13.2. The molecular formula is C18H16FN3O3S. The smallest absolute Gasteiger partial charge is 0.277 e. The van der Waals surface area contributed by atoms with Gasteiger partial charge in [-0.1, -0.05) is 17.8 Å². The van der Waals surface area contributed by atoms with Gasteiger partial charge < -0.3 is 14.5 Å². The molecule has 6 nitrogen and oxygen atoms in total. The van der Waals surface area contributed by atoms with Gasteiger partial charge in [0.25, 0.3) is 5.22 Å². The molecule has 0 fully saturated rings. The molecule has 0 saturated heterocycles. The second-order valence-corrected chi connectivity index (χ2v) is 6.65. The Morgan fingerprint density at radius 3 is 2.69 bits per heavy atom. The third-order valence-corrected chi connectivity index (χ3v) is 4.42. The van der Waals surface area contributed by atoms with Crippen molar-refractivity contribution in [1.29, 1.82) is 0 Å². The molecule has 0 aliphatic heterocycles. The van der Waals surface area contributed by atoms with Crippen LogP contribution in [0.4, 0.5) is 10.1 Å². The normalized spacial score (nSPS) is 11.8. The van der Waals surface area contributed by atoms with Crippen molar-refractivity contribution in [2.24, 2.45) is 0 Å². The summed E-state index contributed by atoms with van der Waals surface area (Å²) in [6.07, 6.45) is 0. The summed E-state index contributed by atoms with van der Waals surface area (Å²) < 4.78 is 23.9. The number of nitrogens with zero attached hydrogens (tertiary/aromatic N) is 2. The van der Waals surface area contributed by atoms with Crippen LogP contribution < -0.4 is 10.1 Å². The van der Waals surface area contributed by atoms with E-state index in [0.717, 1.165) is 23.1 Å². The number of hydrogen-bond acceptors (Lipinski definition) is 6. The highest BCUT2D eigenvalue weighted by Gasteiger charge is 2.19. The molecule has 0 aliphatic rings. The first-order valence-corrected chi connectivity index (χ1v) is 8.64. The number of methoxy groups -OCH3 is 1. The second-order valence-electron chi connectivity index (χ2n) is 5.36. The number of nitrogens with one attached hydrogen (secondary N) is 1. The highest BCUT2D eigenvalue weighted by molar-refractivity contribution is 8.00. The topological polar surface area (TPSA) is 77.2 Å². The Labute approximate surface area is 153 Å². The summed E-state index contributed by atoms with van der Waals surface area (Å²) in [5.41, 5.74) is 1.15. The lowest BCUT2D eigenvalue weighted by Gasteiger charge is -2.09. The van der Waals surface area contributed by atoms with Crippen LogP contribution >= 0.6 is 11.8 Å². The van der Waals surface area contributed by atoms with E-state index < -0.39 is 11.1 Å². The van der Waals surface area contributed by atoms with Crippen LogP contribution in [0.15, 0.2) is 58.2 Å². The van der Waals surface area contributed by atoms with E-state index >= 15 is 0 Å². The number of benzene rings is 2. The second kappa shape index (κ2) is 8.01. The molecule has 26 heavy (non-hydrogen) atoms. The van der Waals surface area contributed by atoms with Crippen molar-refractivity contribution in [2.45, 2.75) is 17.4 Å². The van der Waals surface area contributed by atoms with Crippen molar-refractivity contribution in [1.82, 2.24) is 10.2 Å².